The molecule has 1 unspecified atom stereocenters. The van der Waals surface area contributed by atoms with Gasteiger partial charge in [-0.05, 0) is 6.08 Å². The van der Waals surface area contributed by atoms with Gasteiger partial charge in [0.1, 0.15) is 0 Å². The Balaban J connectivity index is 2.99. The fourth-order valence-electron chi connectivity index (χ4n) is 0.843. The average molecular weight is 191 g/mol. The number of nitrogens with two attached hydrogens (primary N) is 1. The van der Waals surface area contributed by atoms with Crippen molar-refractivity contribution in [3.8, 4) is 0 Å². The molecule has 0 amide bonds. The summed E-state index contributed by atoms with van der Waals surface area (Å²) >= 11 is 0. The maximum absolute atomic E-state index is 10.7. The Labute approximate surface area is 70.1 Å². The number of nitrogens with zero attached hydrogens (tertiary/aromatic N) is 2. The lowest BCUT2D eigenvalue weighted by Gasteiger charge is -2.25. The molecule has 1 atom stereocenters. The molecule has 1 heterocycles. The first-order valence-corrected chi connectivity index (χ1v) is 4.62. The van der Waals surface area contributed by atoms with Crippen LogP contribution in [0.3, 0.4) is 0 Å². The Hall–Kier alpha value is -1.08. The number of aliphatic imine (C=N–C) groups is 1. The van der Waals surface area contributed by atoms with E-state index in [9.17, 15) is 8.42 Å². The Morgan fingerprint density at radius 1 is 1.75 bits per heavy atom. The standard InChI is InChI=1S/C5H9N3O3S/c1-8-4(12(9,10)11)2-3-7-5(8)6/h2-4H,1H3,(H2,6,7)(H,9,10,11). The van der Waals surface area contributed by atoms with Gasteiger partial charge >= 0.3 is 0 Å². The summed E-state index contributed by atoms with van der Waals surface area (Å²) in [6.45, 7) is 0. The summed E-state index contributed by atoms with van der Waals surface area (Å²) < 4.78 is 30.1. The van der Waals surface area contributed by atoms with Crippen molar-refractivity contribution in [1.82, 2.24) is 4.90 Å². The number of rotatable bonds is 1. The van der Waals surface area contributed by atoms with Crippen molar-refractivity contribution in [2.75, 3.05) is 7.05 Å². The number of guanidine groups is 1. The van der Waals surface area contributed by atoms with Crippen molar-refractivity contribution in [3.05, 3.63) is 12.3 Å². The summed E-state index contributed by atoms with van der Waals surface area (Å²) in [4.78, 5) is 4.80. The van der Waals surface area contributed by atoms with Crippen LogP contribution in [0.2, 0.25) is 0 Å². The highest BCUT2D eigenvalue weighted by atomic mass is 32.2. The average Bonchev–Trinajstić information content (AvgIpc) is 1.92. The van der Waals surface area contributed by atoms with Crippen molar-refractivity contribution in [3.63, 3.8) is 0 Å². The van der Waals surface area contributed by atoms with Crippen LogP contribution in [0.5, 0.6) is 0 Å². The molecule has 3 N–H and O–H groups in total. The van der Waals surface area contributed by atoms with Crippen LogP contribution >= 0.6 is 0 Å². The number of hydrogen-bond donors (Lipinski definition) is 2. The third-order valence-electron chi connectivity index (χ3n) is 1.51. The second kappa shape index (κ2) is 2.76. The molecular formula is C5H9N3O3S. The molecule has 0 aromatic heterocycles. The van der Waals surface area contributed by atoms with Gasteiger partial charge in [-0.25, -0.2) is 4.99 Å². The van der Waals surface area contributed by atoms with Crippen molar-refractivity contribution in [2.24, 2.45) is 10.7 Å². The van der Waals surface area contributed by atoms with Crippen LogP contribution in [0, 0.1) is 0 Å². The fourth-order valence-corrected chi connectivity index (χ4v) is 1.62. The molecule has 0 aromatic carbocycles. The third-order valence-corrected chi connectivity index (χ3v) is 2.59. The molecule has 0 bridgehead atoms. The number of likely N-dealkylation sites (N-methyl/N-ethyl adjacent to an activating group) is 1. The van der Waals surface area contributed by atoms with E-state index in [-0.39, 0.29) is 5.96 Å². The summed E-state index contributed by atoms with van der Waals surface area (Å²) in [5.74, 6) is 0.0557. The van der Waals surface area contributed by atoms with E-state index in [1.165, 1.54) is 19.3 Å². The summed E-state index contributed by atoms with van der Waals surface area (Å²) in [5.41, 5.74) is 5.31. The lowest BCUT2D eigenvalue weighted by Crippen LogP contribution is -2.46. The second-order valence-corrected chi connectivity index (χ2v) is 3.86. The lowest BCUT2D eigenvalue weighted by atomic mass is 10.5. The van der Waals surface area contributed by atoms with E-state index in [2.05, 4.69) is 4.99 Å². The Kier molecular flexibility index (Phi) is 2.07. The molecular weight excluding hydrogens is 182 g/mol. The zero-order valence-electron chi connectivity index (χ0n) is 6.38. The quantitative estimate of drug-likeness (QED) is 0.517. The van der Waals surface area contributed by atoms with Crippen LogP contribution in [-0.4, -0.2) is 36.3 Å². The Morgan fingerprint density at radius 3 is 2.75 bits per heavy atom. The maximum Gasteiger partial charge on any atom is 0.290 e. The summed E-state index contributed by atoms with van der Waals surface area (Å²) in [6, 6.07) is 0. The van der Waals surface area contributed by atoms with Gasteiger partial charge in [-0.3, -0.25) is 4.55 Å². The zero-order chi connectivity index (χ0) is 9.35. The van der Waals surface area contributed by atoms with Crippen LogP contribution in [0.25, 0.3) is 0 Å². The van der Waals surface area contributed by atoms with Crippen molar-refractivity contribution >= 4 is 16.1 Å². The minimum Gasteiger partial charge on any atom is -0.369 e. The van der Waals surface area contributed by atoms with Gasteiger partial charge in [0.25, 0.3) is 10.1 Å². The van der Waals surface area contributed by atoms with E-state index >= 15 is 0 Å². The van der Waals surface area contributed by atoms with E-state index in [1.54, 1.807) is 0 Å². The highest BCUT2D eigenvalue weighted by molar-refractivity contribution is 7.86. The van der Waals surface area contributed by atoms with E-state index in [0.717, 1.165) is 4.90 Å². The van der Waals surface area contributed by atoms with Crippen LogP contribution in [0.15, 0.2) is 17.3 Å². The zero-order valence-corrected chi connectivity index (χ0v) is 7.19. The lowest BCUT2D eigenvalue weighted by molar-refractivity contribution is 0.417. The Bertz CT molecular complexity index is 332. The largest absolute Gasteiger partial charge is 0.369 e. The molecule has 0 saturated heterocycles. The topological polar surface area (TPSA) is 96.0 Å². The van der Waals surface area contributed by atoms with E-state index in [0.29, 0.717) is 0 Å². The van der Waals surface area contributed by atoms with Gasteiger partial charge in [-0.15, -0.1) is 0 Å². The normalized spacial score (nSPS) is 24.0. The molecule has 0 radical (unpaired) electrons. The van der Waals surface area contributed by atoms with Crippen LogP contribution in [0.1, 0.15) is 0 Å². The van der Waals surface area contributed by atoms with Crippen LogP contribution in [0.4, 0.5) is 0 Å². The maximum atomic E-state index is 10.7. The molecule has 12 heavy (non-hydrogen) atoms. The summed E-state index contributed by atoms with van der Waals surface area (Å²) in [7, 11) is -2.70. The molecule has 0 fully saturated rings. The molecule has 7 heteroatoms. The summed E-state index contributed by atoms with van der Waals surface area (Å²) in [6.07, 6.45) is 2.49. The number of hydrogen-bond acceptors (Lipinski definition) is 5. The van der Waals surface area contributed by atoms with Crippen molar-refractivity contribution < 1.29 is 13.0 Å². The van der Waals surface area contributed by atoms with Crippen LogP contribution in [-0.2, 0) is 10.1 Å². The van der Waals surface area contributed by atoms with Crippen LogP contribution < -0.4 is 5.73 Å². The first-order chi connectivity index (χ1) is 5.43. The molecule has 0 spiro atoms. The van der Waals surface area contributed by atoms with Crippen molar-refractivity contribution in [1.29, 1.82) is 0 Å². The molecule has 0 aromatic rings. The fraction of sp³-hybridized carbons (Fsp3) is 0.400. The molecule has 0 aliphatic carbocycles. The molecule has 1 aliphatic heterocycles. The van der Waals surface area contributed by atoms with Gasteiger partial charge < -0.3 is 10.6 Å². The first kappa shape index (κ1) is 9.01. The highest BCUT2D eigenvalue weighted by Gasteiger charge is 2.27. The smallest absolute Gasteiger partial charge is 0.290 e. The van der Waals surface area contributed by atoms with E-state index in [4.69, 9.17) is 10.3 Å². The van der Waals surface area contributed by atoms with Gasteiger partial charge in [0.05, 0.1) is 0 Å². The second-order valence-electron chi connectivity index (χ2n) is 2.35. The first-order valence-electron chi connectivity index (χ1n) is 3.12. The molecule has 1 rings (SSSR count). The monoisotopic (exact) mass is 191 g/mol. The minimum absolute atomic E-state index is 0.0557. The van der Waals surface area contributed by atoms with Crippen molar-refractivity contribution in [2.45, 2.75) is 5.37 Å². The van der Waals surface area contributed by atoms with Gasteiger partial charge in [-0.1, -0.05) is 0 Å². The highest BCUT2D eigenvalue weighted by Crippen LogP contribution is 2.09. The van der Waals surface area contributed by atoms with Gasteiger partial charge in [0.2, 0.25) is 0 Å². The van der Waals surface area contributed by atoms with E-state index in [1.807, 2.05) is 0 Å². The van der Waals surface area contributed by atoms with Gasteiger partial charge in [0.15, 0.2) is 11.3 Å². The summed E-state index contributed by atoms with van der Waals surface area (Å²) in [5, 5.41) is -1.13. The molecule has 1 aliphatic rings. The van der Waals surface area contributed by atoms with Gasteiger partial charge in [-0.2, -0.15) is 8.42 Å². The molecule has 0 saturated carbocycles. The molecule has 68 valence electrons. The SMILES string of the molecule is CN1C(N)=NC=CC1S(=O)(=O)O. The Morgan fingerprint density at radius 2 is 2.33 bits per heavy atom. The molecule has 6 nitrogen and oxygen atoms in total. The van der Waals surface area contributed by atoms with E-state index < -0.39 is 15.5 Å². The van der Waals surface area contributed by atoms with Gasteiger partial charge in [0, 0.05) is 13.2 Å². The third kappa shape index (κ3) is 1.56. The predicted octanol–water partition coefficient (Wildman–Crippen LogP) is -1.03. The predicted molar refractivity (Wildman–Crippen MR) is 43.9 cm³/mol. The minimum atomic E-state index is -4.13.